The van der Waals surface area contributed by atoms with E-state index >= 15 is 0 Å². The molecule has 3 nitrogen and oxygen atoms in total. The summed E-state index contributed by atoms with van der Waals surface area (Å²) in [6, 6.07) is 5.67. The Kier molecular flexibility index (Phi) is 3.28. The number of furan rings is 1. The average Bonchev–Trinajstić information content (AvgIpc) is 2.77. The van der Waals surface area contributed by atoms with Gasteiger partial charge >= 0.3 is 12.1 Å². The van der Waals surface area contributed by atoms with E-state index in [1.54, 1.807) is 0 Å². The zero-order chi connectivity index (χ0) is 14.2. The van der Waals surface area contributed by atoms with Gasteiger partial charge in [0.2, 0.25) is 5.76 Å². The predicted octanol–water partition coefficient (Wildman–Crippen LogP) is 4.32. The van der Waals surface area contributed by atoms with Gasteiger partial charge in [0, 0.05) is 5.56 Å². The van der Waals surface area contributed by atoms with Crippen LogP contribution in [0.1, 0.15) is 16.1 Å². The molecule has 0 aliphatic rings. The molecule has 0 radical (unpaired) electrons. The van der Waals surface area contributed by atoms with Crippen molar-refractivity contribution in [1.29, 1.82) is 0 Å². The van der Waals surface area contributed by atoms with Crippen molar-refractivity contribution in [2.45, 2.75) is 6.18 Å². The van der Waals surface area contributed by atoms with Crippen LogP contribution in [-0.2, 0) is 6.18 Å². The highest BCUT2D eigenvalue weighted by Gasteiger charge is 2.33. The first kappa shape index (κ1) is 13.5. The summed E-state index contributed by atoms with van der Waals surface area (Å²) in [7, 11) is 0. The van der Waals surface area contributed by atoms with Crippen molar-refractivity contribution in [1.82, 2.24) is 0 Å². The number of aromatic carboxylic acids is 1. The third-order valence-electron chi connectivity index (χ3n) is 2.37. The highest BCUT2D eigenvalue weighted by atomic mass is 35.5. The van der Waals surface area contributed by atoms with Crippen molar-refractivity contribution in [3.8, 4) is 11.3 Å². The number of alkyl halides is 3. The fourth-order valence-corrected chi connectivity index (χ4v) is 1.73. The second-order valence-electron chi connectivity index (χ2n) is 3.66. The maximum atomic E-state index is 12.7. The maximum Gasteiger partial charge on any atom is 0.417 e. The summed E-state index contributed by atoms with van der Waals surface area (Å²) in [6.07, 6.45) is -4.59. The van der Waals surface area contributed by atoms with E-state index in [4.69, 9.17) is 21.1 Å². The minimum atomic E-state index is -4.59. The lowest BCUT2D eigenvalue weighted by atomic mass is 10.1. The molecule has 0 amide bonds. The molecule has 0 fully saturated rings. The van der Waals surface area contributed by atoms with Gasteiger partial charge in [0.1, 0.15) is 5.76 Å². The molecule has 1 aromatic heterocycles. The number of halogens is 4. The van der Waals surface area contributed by atoms with Gasteiger partial charge < -0.3 is 9.52 Å². The number of hydrogen-bond donors (Lipinski definition) is 1. The van der Waals surface area contributed by atoms with Crippen molar-refractivity contribution < 1.29 is 27.5 Å². The van der Waals surface area contributed by atoms with Crippen LogP contribution in [0.3, 0.4) is 0 Å². The van der Waals surface area contributed by atoms with Crippen LogP contribution in [0.15, 0.2) is 34.7 Å². The lowest BCUT2D eigenvalue weighted by molar-refractivity contribution is -0.137. The van der Waals surface area contributed by atoms with Gasteiger partial charge in [0.05, 0.1) is 10.6 Å². The van der Waals surface area contributed by atoms with Gasteiger partial charge in [0.25, 0.3) is 0 Å². The molecule has 100 valence electrons. The summed E-state index contributed by atoms with van der Waals surface area (Å²) in [4.78, 5) is 10.6. The molecule has 0 unspecified atom stereocenters. The number of benzene rings is 1. The van der Waals surface area contributed by atoms with Crippen molar-refractivity contribution >= 4 is 17.6 Å². The van der Waals surface area contributed by atoms with E-state index in [0.29, 0.717) is 0 Å². The van der Waals surface area contributed by atoms with E-state index in [2.05, 4.69) is 0 Å². The molecular weight excluding hydrogens is 285 g/mol. The Balaban J connectivity index is 2.48. The highest BCUT2D eigenvalue weighted by molar-refractivity contribution is 6.31. The quantitative estimate of drug-likeness (QED) is 0.896. The van der Waals surface area contributed by atoms with Gasteiger partial charge in [-0.05, 0) is 30.3 Å². The summed E-state index contributed by atoms with van der Waals surface area (Å²) in [5.74, 6) is -1.62. The largest absolute Gasteiger partial charge is 0.475 e. The van der Waals surface area contributed by atoms with Crippen molar-refractivity contribution in [3.05, 3.63) is 46.7 Å². The maximum absolute atomic E-state index is 12.7. The molecule has 0 saturated heterocycles. The molecule has 0 aliphatic heterocycles. The average molecular weight is 291 g/mol. The van der Waals surface area contributed by atoms with Crippen LogP contribution >= 0.6 is 11.6 Å². The van der Waals surface area contributed by atoms with Gasteiger partial charge in [-0.15, -0.1) is 0 Å². The van der Waals surface area contributed by atoms with E-state index in [9.17, 15) is 18.0 Å². The van der Waals surface area contributed by atoms with Crippen LogP contribution in [0, 0.1) is 0 Å². The molecule has 2 rings (SSSR count). The van der Waals surface area contributed by atoms with Crippen LogP contribution in [-0.4, -0.2) is 11.1 Å². The highest BCUT2D eigenvalue weighted by Crippen LogP contribution is 2.37. The van der Waals surface area contributed by atoms with Gasteiger partial charge in [-0.25, -0.2) is 4.79 Å². The monoisotopic (exact) mass is 290 g/mol. The van der Waals surface area contributed by atoms with Gasteiger partial charge in [-0.1, -0.05) is 11.6 Å². The molecule has 0 spiro atoms. The second-order valence-corrected chi connectivity index (χ2v) is 4.07. The van der Waals surface area contributed by atoms with Gasteiger partial charge in [0.15, 0.2) is 0 Å². The van der Waals surface area contributed by atoms with Crippen LogP contribution in [0.25, 0.3) is 11.3 Å². The molecule has 1 heterocycles. The van der Waals surface area contributed by atoms with Crippen LogP contribution < -0.4 is 0 Å². The lowest BCUT2D eigenvalue weighted by Gasteiger charge is -2.09. The Hall–Kier alpha value is -1.95. The number of carboxylic acids is 1. The Morgan fingerprint density at radius 3 is 2.42 bits per heavy atom. The summed E-state index contributed by atoms with van der Waals surface area (Å²) < 4.78 is 42.9. The number of rotatable bonds is 2. The van der Waals surface area contributed by atoms with Crippen molar-refractivity contribution in [2.75, 3.05) is 0 Å². The number of hydrogen-bond acceptors (Lipinski definition) is 2. The van der Waals surface area contributed by atoms with Crippen LogP contribution in [0.4, 0.5) is 13.2 Å². The van der Waals surface area contributed by atoms with Crippen LogP contribution in [0.5, 0.6) is 0 Å². The molecule has 19 heavy (non-hydrogen) atoms. The minimum absolute atomic E-state index is 0.0274. The Labute approximate surface area is 110 Å². The van der Waals surface area contributed by atoms with E-state index in [1.807, 2.05) is 0 Å². The molecule has 0 bridgehead atoms. The fraction of sp³-hybridized carbons (Fsp3) is 0.0833. The first-order valence-corrected chi connectivity index (χ1v) is 5.37. The third-order valence-corrected chi connectivity index (χ3v) is 2.70. The zero-order valence-electron chi connectivity index (χ0n) is 9.16. The molecule has 2 aromatic rings. The zero-order valence-corrected chi connectivity index (χ0v) is 9.92. The molecule has 0 aliphatic carbocycles. The normalized spacial score (nSPS) is 11.6. The fourth-order valence-electron chi connectivity index (χ4n) is 1.50. The lowest BCUT2D eigenvalue weighted by Crippen LogP contribution is -2.05. The molecular formula is C12H6ClF3O3. The topological polar surface area (TPSA) is 50.4 Å². The molecule has 0 atom stereocenters. The van der Waals surface area contributed by atoms with Crippen LogP contribution in [0.2, 0.25) is 5.02 Å². The molecule has 1 N–H and O–H groups in total. The third kappa shape index (κ3) is 2.73. The Morgan fingerprint density at radius 2 is 1.89 bits per heavy atom. The van der Waals surface area contributed by atoms with E-state index in [0.717, 1.165) is 12.1 Å². The summed E-state index contributed by atoms with van der Waals surface area (Å²) in [6.45, 7) is 0. The standard InChI is InChI=1S/C12H6ClF3O3/c13-8-2-1-6(5-7(8)12(14,15)16)9-3-4-10(19-9)11(17)18/h1-5H,(H,17,18). The molecule has 0 saturated carbocycles. The number of carboxylic acid groups (broad SMARTS) is 1. The van der Waals surface area contributed by atoms with E-state index in [1.165, 1.54) is 18.2 Å². The van der Waals surface area contributed by atoms with Gasteiger partial charge in [-0.3, -0.25) is 0 Å². The predicted molar refractivity (Wildman–Crippen MR) is 61.1 cm³/mol. The van der Waals surface area contributed by atoms with Gasteiger partial charge in [-0.2, -0.15) is 13.2 Å². The SMILES string of the molecule is O=C(O)c1ccc(-c2ccc(Cl)c(C(F)(F)F)c2)o1. The Bertz CT molecular complexity index is 631. The summed E-state index contributed by atoms with van der Waals surface area (Å²) in [5, 5.41) is 8.25. The van der Waals surface area contributed by atoms with E-state index < -0.39 is 22.7 Å². The first-order valence-electron chi connectivity index (χ1n) is 4.99. The molecule has 7 heteroatoms. The van der Waals surface area contributed by atoms with Crippen molar-refractivity contribution in [3.63, 3.8) is 0 Å². The Morgan fingerprint density at radius 1 is 1.21 bits per heavy atom. The summed E-state index contributed by atoms with van der Waals surface area (Å²) in [5.41, 5.74) is -0.899. The summed E-state index contributed by atoms with van der Waals surface area (Å²) >= 11 is 5.48. The second kappa shape index (κ2) is 4.62. The van der Waals surface area contributed by atoms with E-state index in [-0.39, 0.29) is 17.1 Å². The first-order chi connectivity index (χ1) is 8.79. The number of carbonyl (C=O) groups is 1. The minimum Gasteiger partial charge on any atom is -0.475 e. The van der Waals surface area contributed by atoms with Crippen molar-refractivity contribution in [2.24, 2.45) is 0 Å². The molecule has 1 aromatic carbocycles. The smallest absolute Gasteiger partial charge is 0.417 e.